The van der Waals surface area contributed by atoms with E-state index in [-0.39, 0.29) is 4.34 Å². The average molecular weight is 248 g/mol. The third-order valence-corrected chi connectivity index (χ3v) is 4.60. The molecule has 0 saturated heterocycles. The lowest BCUT2D eigenvalue weighted by Gasteiger charge is -1.86. The van der Waals surface area contributed by atoms with E-state index in [2.05, 4.69) is 4.98 Å². The lowest BCUT2D eigenvalue weighted by Crippen LogP contribution is -1.94. The Morgan fingerprint density at radius 2 is 2.14 bits per heavy atom. The fourth-order valence-electron chi connectivity index (χ4n) is 1.04. The number of hydrogen-bond acceptors (Lipinski definition) is 4. The van der Waals surface area contributed by atoms with Crippen LogP contribution < -0.4 is 0 Å². The highest BCUT2D eigenvalue weighted by Gasteiger charge is 2.13. The van der Waals surface area contributed by atoms with Crippen molar-refractivity contribution in [2.45, 2.75) is 4.34 Å². The molecule has 0 radical (unpaired) electrons. The zero-order valence-electron chi connectivity index (χ0n) is 7.19. The molecule has 0 unspecified atom stereocenters. The summed E-state index contributed by atoms with van der Waals surface area (Å²) in [5, 5.41) is 0.558. The Bertz CT molecular complexity index is 588. The molecule has 0 N–H and O–H groups in total. The summed E-state index contributed by atoms with van der Waals surface area (Å²) in [6.45, 7) is 0. The van der Waals surface area contributed by atoms with E-state index >= 15 is 0 Å². The van der Waals surface area contributed by atoms with Crippen molar-refractivity contribution in [2.24, 2.45) is 0 Å². The van der Waals surface area contributed by atoms with Crippen LogP contribution in [0.3, 0.4) is 0 Å². The maximum atomic E-state index is 11.2. The number of benzene rings is 1. The molecule has 2 aromatic rings. The summed E-state index contributed by atoms with van der Waals surface area (Å²) in [7, 11) is -3.21. The summed E-state index contributed by atoms with van der Waals surface area (Å²) in [4.78, 5) is 3.99. The molecule has 0 spiro atoms. The van der Waals surface area contributed by atoms with E-state index in [1.54, 1.807) is 18.2 Å². The first-order chi connectivity index (χ1) is 6.47. The van der Waals surface area contributed by atoms with Crippen LogP contribution in [-0.2, 0) is 9.84 Å². The summed E-state index contributed by atoms with van der Waals surface area (Å²) in [6.07, 6.45) is 1.15. The number of fused-ring (bicyclic) bond motifs is 1. The maximum absolute atomic E-state index is 11.2. The number of hydrogen-bond donors (Lipinski definition) is 0. The second-order valence-corrected chi connectivity index (χ2v) is 6.52. The molecule has 6 heteroatoms. The van der Waals surface area contributed by atoms with Crippen molar-refractivity contribution >= 4 is 43.0 Å². The van der Waals surface area contributed by atoms with E-state index in [0.29, 0.717) is 10.5 Å². The molecule has 0 bridgehead atoms. The van der Waals surface area contributed by atoms with Crippen LogP contribution in [0.15, 0.2) is 22.5 Å². The van der Waals surface area contributed by atoms with Crippen LogP contribution >= 0.6 is 22.9 Å². The van der Waals surface area contributed by atoms with Crippen LogP contribution in [0.1, 0.15) is 0 Å². The molecule has 1 heterocycles. The highest BCUT2D eigenvalue weighted by Crippen LogP contribution is 2.27. The van der Waals surface area contributed by atoms with Gasteiger partial charge in [-0.15, -0.1) is 11.3 Å². The molecule has 1 aromatic heterocycles. The quantitative estimate of drug-likeness (QED) is 0.777. The molecule has 0 atom stereocenters. The highest BCUT2D eigenvalue weighted by atomic mass is 35.5. The third kappa shape index (κ3) is 1.75. The first-order valence-electron chi connectivity index (χ1n) is 3.73. The van der Waals surface area contributed by atoms with Crippen molar-refractivity contribution in [1.29, 1.82) is 0 Å². The number of sulfone groups is 1. The second kappa shape index (κ2) is 3.18. The summed E-state index contributed by atoms with van der Waals surface area (Å²) >= 11 is 6.91. The van der Waals surface area contributed by atoms with Gasteiger partial charge in [-0.2, -0.15) is 0 Å². The zero-order chi connectivity index (χ0) is 10.3. The van der Waals surface area contributed by atoms with Crippen molar-refractivity contribution in [1.82, 2.24) is 4.98 Å². The van der Waals surface area contributed by atoms with Gasteiger partial charge in [0.1, 0.15) is 0 Å². The molecule has 0 aliphatic carbocycles. The monoisotopic (exact) mass is 247 g/mol. The fraction of sp³-hybridized carbons (Fsp3) is 0.125. The van der Waals surface area contributed by atoms with Crippen LogP contribution in [0.5, 0.6) is 0 Å². The fourth-order valence-corrected chi connectivity index (χ4v) is 3.02. The second-order valence-electron chi connectivity index (χ2n) is 2.86. The van der Waals surface area contributed by atoms with Crippen LogP contribution in [0.25, 0.3) is 10.2 Å². The Hall–Kier alpha value is -0.650. The van der Waals surface area contributed by atoms with Gasteiger partial charge in [-0.05, 0) is 18.2 Å². The van der Waals surface area contributed by atoms with Crippen LogP contribution in [-0.4, -0.2) is 19.7 Å². The summed E-state index contributed by atoms with van der Waals surface area (Å²) in [6, 6.07) is 5.14. The standard InChI is InChI=1S/C8H6ClNO2S2/c1-14(11,12)8-10-6-4-5(9)2-3-7(6)13-8/h2-4H,1H3. The molecule has 0 fully saturated rings. The minimum Gasteiger partial charge on any atom is -0.225 e. The van der Waals surface area contributed by atoms with Crippen LogP contribution in [0, 0.1) is 0 Å². The minimum atomic E-state index is -3.21. The van der Waals surface area contributed by atoms with Crippen molar-refractivity contribution in [3.05, 3.63) is 23.2 Å². The smallest absolute Gasteiger partial charge is 0.210 e. The summed E-state index contributed by atoms with van der Waals surface area (Å²) in [5.41, 5.74) is 0.628. The van der Waals surface area contributed by atoms with Gasteiger partial charge in [0.25, 0.3) is 0 Å². The number of halogens is 1. The SMILES string of the molecule is CS(=O)(=O)c1nc2cc(Cl)ccc2s1. The van der Waals surface area contributed by atoms with Gasteiger partial charge >= 0.3 is 0 Å². The van der Waals surface area contributed by atoms with Crippen molar-refractivity contribution in [3.63, 3.8) is 0 Å². The molecule has 2 rings (SSSR count). The van der Waals surface area contributed by atoms with Gasteiger partial charge in [0, 0.05) is 11.3 Å². The van der Waals surface area contributed by atoms with E-state index in [9.17, 15) is 8.42 Å². The molecular weight excluding hydrogens is 242 g/mol. The van der Waals surface area contributed by atoms with Gasteiger partial charge < -0.3 is 0 Å². The molecule has 14 heavy (non-hydrogen) atoms. The first-order valence-corrected chi connectivity index (χ1v) is 6.81. The highest BCUT2D eigenvalue weighted by molar-refractivity contribution is 7.92. The van der Waals surface area contributed by atoms with Crippen molar-refractivity contribution in [3.8, 4) is 0 Å². The number of nitrogens with zero attached hydrogens (tertiary/aromatic N) is 1. The van der Waals surface area contributed by atoms with Crippen LogP contribution in [0.4, 0.5) is 0 Å². The Balaban J connectivity index is 2.75. The Morgan fingerprint density at radius 1 is 1.43 bits per heavy atom. The maximum Gasteiger partial charge on any atom is 0.210 e. The van der Waals surface area contributed by atoms with Gasteiger partial charge in [-0.1, -0.05) is 11.6 Å². The van der Waals surface area contributed by atoms with E-state index < -0.39 is 9.84 Å². The van der Waals surface area contributed by atoms with Gasteiger partial charge in [0.05, 0.1) is 10.2 Å². The summed E-state index contributed by atoms with van der Waals surface area (Å²) in [5.74, 6) is 0. The van der Waals surface area contributed by atoms with Gasteiger partial charge in [0.2, 0.25) is 14.2 Å². The summed E-state index contributed by atoms with van der Waals surface area (Å²) < 4.78 is 23.4. The molecule has 0 aliphatic rings. The molecule has 3 nitrogen and oxygen atoms in total. The van der Waals surface area contributed by atoms with E-state index in [1.807, 2.05) is 0 Å². The molecule has 1 aromatic carbocycles. The van der Waals surface area contributed by atoms with Gasteiger partial charge in [0.15, 0.2) is 0 Å². The molecular formula is C8H6ClNO2S2. The minimum absolute atomic E-state index is 0.134. The average Bonchev–Trinajstić information content (AvgIpc) is 2.45. The third-order valence-electron chi connectivity index (χ3n) is 1.65. The molecule has 0 amide bonds. The van der Waals surface area contributed by atoms with Gasteiger partial charge in [-0.3, -0.25) is 0 Å². The normalized spacial score (nSPS) is 12.1. The topological polar surface area (TPSA) is 47.0 Å². The first kappa shape index (κ1) is 9.89. The largest absolute Gasteiger partial charge is 0.225 e. The molecule has 74 valence electrons. The Kier molecular flexibility index (Phi) is 2.25. The van der Waals surface area contributed by atoms with E-state index in [4.69, 9.17) is 11.6 Å². The van der Waals surface area contributed by atoms with Crippen molar-refractivity contribution in [2.75, 3.05) is 6.26 Å². The van der Waals surface area contributed by atoms with E-state index in [1.165, 1.54) is 0 Å². The van der Waals surface area contributed by atoms with Crippen LogP contribution in [0.2, 0.25) is 5.02 Å². The number of rotatable bonds is 1. The van der Waals surface area contributed by atoms with E-state index in [0.717, 1.165) is 22.3 Å². The van der Waals surface area contributed by atoms with Gasteiger partial charge in [-0.25, -0.2) is 13.4 Å². The van der Waals surface area contributed by atoms with Crippen molar-refractivity contribution < 1.29 is 8.42 Å². The Labute approximate surface area is 90.3 Å². The predicted octanol–water partition coefficient (Wildman–Crippen LogP) is 2.35. The molecule has 0 aliphatic heterocycles. The lowest BCUT2D eigenvalue weighted by atomic mass is 10.3. The number of thiazole rings is 1. The lowest BCUT2D eigenvalue weighted by molar-refractivity contribution is 0.601. The predicted molar refractivity (Wildman–Crippen MR) is 57.7 cm³/mol. The number of aromatic nitrogens is 1. The Morgan fingerprint density at radius 3 is 2.79 bits per heavy atom. The zero-order valence-corrected chi connectivity index (χ0v) is 9.58. The molecule has 0 saturated carbocycles.